The first-order valence-corrected chi connectivity index (χ1v) is 12.7. The van der Waals surface area contributed by atoms with Crippen molar-refractivity contribution in [2.45, 2.75) is 10.6 Å². The van der Waals surface area contributed by atoms with Crippen molar-refractivity contribution in [3.05, 3.63) is 92.8 Å². The van der Waals surface area contributed by atoms with E-state index >= 15 is 0 Å². The SMILES string of the molecule is O=C(NCCN1C(=O)S/C(=C\c2ccccc2F)C1=O)c1ccccc1SCc1cccs1. The summed E-state index contributed by atoms with van der Waals surface area (Å²) in [5, 5.41) is 4.37. The first-order valence-electron chi connectivity index (χ1n) is 10.1. The van der Waals surface area contributed by atoms with E-state index in [2.05, 4.69) is 11.4 Å². The van der Waals surface area contributed by atoms with E-state index < -0.39 is 17.0 Å². The first-order chi connectivity index (χ1) is 16.0. The average Bonchev–Trinajstić information content (AvgIpc) is 3.43. The van der Waals surface area contributed by atoms with Crippen molar-refractivity contribution in [1.29, 1.82) is 0 Å². The van der Waals surface area contributed by atoms with Crippen molar-refractivity contribution in [2.75, 3.05) is 13.1 Å². The molecule has 3 amide bonds. The van der Waals surface area contributed by atoms with Crippen molar-refractivity contribution >= 4 is 58.0 Å². The second-order valence-corrected chi connectivity index (χ2v) is 10.0. The number of benzene rings is 2. The van der Waals surface area contributed by atoms with Gasteiger partial charge in [0.1, 0.15) is 5.82 Å². The molecule has 5 nitrogen and oxygen atoms in total. The fraction of sp³-hybridized carbons (Fsp3) is 0.125. The highest BCUT2D eigenvalue weighted by Gasteiger charge is 2.34. The smallest absolute Gasteiger partial charge is 0.293 e. The molecule has 0 saturated carbocycles. The number of thioether (sulfide) groups is 2. The van der Waals surface area contributed by atoms with Crippen LogP contribution in [-0.4, -0.2) is 35.0 Å². The summed E-state index contributed by atoms with van der Waals surface area (Å²) in [6, 6.07) is 17.4. The molecule has 1 aromatic heterocycles. The summed E-state index contributed by atoms with van der Waals surface area (Å²) >= 11 is 4.02. The molecule has 0 unspecified atom stereocenters. The minimum atomic E-state index is -0.491. The van der Waals surface area contributed by atoms with E-state index in [9.17, 15) is 18.8 Å². The fourth-order valence-corrected chi connectivity index (χ4v) is 5.81. The number of hydrogen-bond acceptors (Lipinski definition) is 6. The van der Waals surface area contributed by atoms with E-state index in [0.717, 1.165) is 27.3 Å². The Morgan fingerprint density at radius 2 is 1.85 bits per heavy atom. The van der Waals surface area contributed by atoms with Crippen LogP contribution in [0.4, 0.5) is 9.18 Å². The molecule has 2 heterocycles. The van der Waals surface area contributed by atoms with Gasteiger partial charge in [-0.25, -0.2) is 4.39 Å². The number of nitrogens with zero attached hydrogens (tertiary/aromatic N) is 1. The average molecular weight is 499 g/mol. The van der Waals surface area contributed by atoms with Gasteiger partial charge in [0, 0.05) is 34.2 Å². The Hall–Kier alpha value is -2.88. The molecule has 4 rings (SSSR count). The minimum absolute atomic E-state index is 0.0372. The van der Waals surface area contributed by atoms with Gasteiger partial charge < -0.3 is 5.32 Å². The predicted octanol–water partition coefficient (Wildman–Crippen LogP) is 5.65. The molecular weight excluding hydrogens is 479 g/mol. The molecule has 1 fully saturated rings. The van der Waals surface area contributed by atoms with Crippen LogP contribution in [0.15, 0.2) is 75.8 Å². The summed E-state index contributed by atoms with van der Waals surface area (Å²) in [5.41, 5.74) is 0.792. The topological polar surface area (TPSA) is 66.5 Å². The maximum atomic E-state index is 13.9. The number of amides is 3. The molecule has 1 aliphatic rings. The molecule has 168 valence electrons. The van der Waals surface area contributed by atoms with E-state index in [4.69, 9.17) is 0 Å². The molecule has 0 atom stereocenters. The zero-order chi connectivity index (χ0) is 23.2. The van der Waals surface area contributed by atoms with Gasteiger partial charge in [0.2, 0.25) is 0 Å². The van der Waals surface area contributed by atoms with Gasteiger partial charge in [0.15, 0.2) is 0 Å². The van der Waals surface area contributed by atoms with Crippen molar-refractivity contribution in [2.24, 2.45) is 0 Å². The molecule has 2 aromatic carbocycles. The van der Waals surface area contributed by atoms with Crippen LogP contribution in [0.25, 0.3) is 6.08 Å². The standard InChI is InChI=1S/C24H19FN2O3S3/c25-19-9-3-1-6-16(19)14-21-23(29)27(24(30)33-21)12-11-26-22(28)18-8-2-4-10-20(18)32-15-17-7-5-13-31-17/h1-10,13-14H,11-12,15H2,(H,26,28)/b21-14-. The van der Waals surface area contributed by atoms with E-state index in [1.54, 1.807) is 47.4 Å². The van der Waals surface area contributed by atoms with E-state index in [1.165, 1.54) is 23.1 Å². The monoisotopic (exact) mass is 498 g/mol. The summed E-state index contributed by atoms with van der Waals surface area (Å²) in [7, 11) is 0. The third-order valence-corrected chi connectivity index (χ3v) is 7.86. The highest BCUT2D eigenvalue weighted by atomic mass is 32.2. The van der Waals surface area contributed by atoms with Crippen molar-refractivity contribution < 1.29 is 18.8 Å². The van der Waals surface area contributed by atoms with E-state index in [-0.39, 0.29) is 29.5 Å². The zero-order valence-corrected chi connectivity index (χ0v) is 19.8. The van der Waals surface area contributed by atoms with Gasteiger partial charge in [-0.15, -0.1) is 23.1 Å². The van der Waals surface area contributed by atoms with Crippen LogP contribution >= 0.6 is 34.9 Å². The van der Waals surface area contributed by atoms with Crippen LogP contribution in [-0.2, 0) is 10.5 Å². The number of thiophene rings is 1. The lowest BCUT2D eigenvalue weighted by atomic mass is 10.2. The molecule has 9 heteroatoms. The fourth-order valence-electron chi connectivity index (χ4n) is 3.13. The maximum absolute atomic E-state index is 13.9. The van der Waals surface area contributed by atoms with Crippen LogP contribution in [0.3, 0.4) is 0 Å². The minimum Gasteiger partial charge on any atom is -0.350 e. The second kappa shape index (κ2) is 10.8. The Morgan fingerprint density at radius 1 is 1.06 bits per heavy atom. The predicted molar refractivity (Wildman–Crippen MR) is 132 cm³/mol. The summed E-state index contributed by atoms with van der Waals surface area (Å²) < 4.78 is 13.9. The number of halogens is 1. The van der Waals surface area contributed by atoms with Gasteiger partial charge in [0.05, 0.1) is 10.5 Å². The highest BCUT2D eigenvalue weighted by molar-refractivity contribution is 8.18. The molecule has 3 aromatic rings. The number of hydrogen-bond donors (Lipinski definition) is 1. The van der Waals surface area contributed by atoms with Gasteiger partial charge in [-0.3, -0.25) is 19.3 Å². The number of nitrogens with one attached hydrogen (secondary N) is 1. The van der Waals surface area contributed by atoms with E-state index in [1.807, 2.05) is 23.6 Å². The molecule has 0 aliphatic carbocycles. The van der Waals surface area contributed by atoms with Gasteiger partial charge in [0.25, 0.3) is 17.1 Å². The summed E-state index contributed by atoms with van der Waals surface area (Å²) in [5.74, 6) is -0.452. The summed E-state index contributed by atoms with van der Waals surface area (Å²) in [4.78, 5) is 40.9. The van der Waals surface area contributed by atoms with Gasteiger partial charge in [-0.2, -0.15) is 0 Å². The quantitative estimate of drug-likeness (QED) is 0.321. The normalized spacial score (nSPS) is 14.8. The molecule has 1 N–H and O–H groups in total. The number of carbonyl (C=O) groups is 3. The number of carbonyl (C=O) groups excluding carboxylic acids is 3. The van der Waals surface area contributed by atoms with Crippen molar-refractivity contribution in [1.82, 2.24) is 10.2 Å². The molecule has 0 radical (unpaired) electrons. The number of rotatable bonds is 8. The largest absolute Gasteiger partial charge is 0.350 e. The lowest BCUT2D eigenvalue weighted by Crippen LogP contribution is -2.37. The molecule has 1 saturated heterocycles. The van der Waals surface area contributed by atoms with Gasteiger partial charge in [-0.05, 0) is 47.5 Å². The summed E-state index contributed by atoms with van der Waals surface area (Å²) in [6.07, 6.45) is 1.37. The third kappa shape index (κ3) is 5.73. The second-order valence-electron chi connectivity index (χ2n) is 6.97. The maximum Gasteiger partial charge on any atom is 0.293 e. The van der Waals surface area contributed by atoms with Crippen LogP contribution in [0.5, 0.6) is 0 Å². The first kappa shape index (κ1) is 23.3. The van der Waals surface area contributed by atoms with Crippen LogP contribution in [0.2, 0.25) is 0 Å². The van der Waals surface area contributed by atoms with Crippen molar-refractivity contribution in [3.8, 4) is 0 Å². The number of imide groups is 1. The summed E-state index contributed by atoms with van der Waals surface area (Å²) in [6.45, 7) is 0.156. The van der Waals surface area contributed by atoms with Crippen LogP contribution in [0, 0.1) is 5.82 Å². The van der Waals surface area contributed by atoms with Gasteiger partial charge in [-0.1, -0.05) is 36.4 Å². The third-order valence-electron chi connectivity index (χ3n) is 4.77. The lowest BCUT2D eigenvalue weighted by Gasteiger charge is -2.14. The zero-order valence-electron chi connectivity index (χ0n) is 17.3. The molecule has 33 heavy (non-hydrogen) atoms. The van der Waals surface area contributed by atoms with E-state index in [0.29, 0.717) is 5.56 Å². The lowest BCUT2D eigenvalue weighted by molar-refractivity contribution is -0.122. The Labute approximate surface area is 203 Å². The van der Waals surface area contributed by atoms with Crippen molar-refractivity contribution in [3.63, 3.8) is 0 Å². The highest BCUT2D eigenvalue weighted by Crippen LogP contribution is 2.32. The Balaban J connectivity index is 1.35. The Morgan fingerprint density at radius 3 is 2.64 bits per heavy atom. The molecule has 0 bridgehead atoms. The molecule has 1 aliphatic heterocycles. The molecule has 0 spiro atoms. The molecular formula is C24H19FN2O3S3. The Bertz CT molecular complexity index is 1210. The van der Waals surface area contributed by atoms with Gasteiger partial charge >= 0.3 is 0 Å². The van der Waals surface area contributed by atoms with Crippen LogP contribution < -0.4 is 5.32 Å². The Kier molecular flexibility index (Phi) is 7.64. The van der Waals surface area contributed by atoms with Crippen LogP contribution in [0.1, 0.15) is 20.8 Å².